The number of alkyl halides is 3. The Morgan fingerprint density at radius 2 is 2.12 bits per heavy atom. The monoisotopic (exact) mass is 275 g/mol. The number of ether oxygens (including phenoxy) is 1. The molecule has 0 radical (unpaired) electrons. The van der Waals surface area contributed by atoms with E-state index in [1.165, 1.54) is 0 Å². The molecule has 1 amide bonds. The Balaban J connectivity index is 4.27. The van der Waals surface area contributed by atoms with Crippen molar-refractivity contribution in [1.82, 2.24) is 0 Å². The minimum Gasteiger partial charge on any atom is -0.443 e. The van der Waals surface area contributed by atoms with E-state index in [0.29, 0.717) is 11.8 Å². The lowest BCUT2D eigenvalue weighted by Gasteiger charge is -2.22. The van der Waals surface area contributed by atoms with Gasteiger partial charge in [-0.05, 0) is 12.8 Å². The fourth-order valence-electron chi connectivity index (χ4n) is 1.14. The van der Waals surface area contributed by atoms with E-state index in [1.807, 2.05) is 0 Å². The lowest BCUT2D eigenvalue weighted by atomic mass is 10.1. The zero-order chi connectivity index (χ0) is 13.3. The minimum atomic E-state index is -2.09. The molecule has 0 saturated heterocycles. The summed E-state index contributed by atoms with van der Waals surface area (Å²) in [5, 5.41) is 8.46. The maximum absolute atomic E-state index is 13.5. The Morgan fingerprint density at radius 3 is 2.59 bits per heavy atom. The lowest BCUT2D eigenvalue weighted by molar-refractivity contribution is 0.0258. The highest BCUT2D eigenvalue weighted by Crippen LogP contribution is 2.24. The molecular formula is C9H16F3NO3S. The van der Waals surface area contributed by atoms with Gasteiger partial charge < -0.3 is 15.6 Å². The van der Waals surface area contributed by atoms with Gasteiger partial charge in [0.15, 0.2) is 11.7 Å². The zero-order valence-corrected chi connectivity index (χ0v) is 9.97. The Morgan fingerprint density at radius 1 is 1.47 bits per heavy atom. The Bertz CT molecular complexity index is 224. The topological polar surface area (TPSA) is 72.6 Å². The molecule has 3 N–H and O–H groups in total. The average molecular weight is 275 g/mol. The Hall–Kier alpha value is -0.630. The standard InChI is InChI=1S/C9H16F3NO3S/c10-3-1-2-6(16-9(13)15)7(11)8(12)17-5-4-14/h6-8,14H,1-5H2,(H2,13,15). The number of carbonyl (C=O) groups excluding carboxylic acids is 1. The van der Waals surface area contributed by atoms with Crippen LogP contribution in [0.4, 0.5) is 18.0 Å². The van der Waals surface area contributed by atoms with Crippen LogP contribution in [0, 0.1) is 0 Å². The van der Waals surface area contributed by atoms with Crippen LogP contribution >= 0.6 is 11.8 Å². The molecule has 3 unspecified atom stereocenters. The molecule has 0 heterocycles. The van der Waals surface area contributed by atoms with E-state index in [9.17, 15) is 18.0 Å². The predicted octanol–water partition coefficient (Wildman–Crippen LogP) is 1.56. The molecule has 0 spiro atoms. The van der Waals surface area contributed by atoms with Crippen molar-refractivity contribution < 1.29 is 27.8 Å². The summed E-state index contributed by atoms with van der Waals surface area (Å²) in [7, 11) is 0. The summed E-state index contributed by atoms with van der Waals surface area (Å²) in [6.45, 7) is -1.00. The molecule has 0 aromatic rings. The Kier molecular flexibility index (Phi) is 9.06. The first-order valence-corrected chi connectivity index (χ1v) is 6.10. The van der Waals surface area contributed by atoms with E-state index in [2.05, 4.69) is 4.74 Å². The number of primary amides is 1. The molecule has 3 atom stereocenters. The van der Waals surface area contributed by atoms with Gasteiger partial charge in [0.2, 0.25) is 0 Å². The van der Waals surface area contributed by atoms with Crippen molar-refractivity contribution in [3.8, 4) is 0 Å². The molecule has 0 aliphatic carbocycles. The molecular weight excluding hydrogens is 259 g/mol. The molecule has 4 nitrogen and oxygen atoms in total. The molecule has 0 aromatic carbocycles. The summed E-state index contributed by atoms with van der Waals surface area (Å²) in [4.78, 5) is 10.5. The van der Waals surface area contributed by atoms with Crippen LogP contribution in [0.5, 0.6) is 0 Å². The second kappa shape index (κ2) is 9.41. The number of carbonyl (C=O) groups is 1. The van der Waals surface area contributed by atoms with E-state index < -0.39 is 30.5 Å². The summed E-state index contributed by atoms with van der Waals surface area (Å²) >= 11 is 0.556. The number of aliphatic hydroxyl groups excluding tert-OH is 1. The first-order valence-electron chi connectivity index (χ1n) is 5.05. The molecule has 0 bridgehead atoms. The van der Waals surface area contributed by atoms with Gasteiger partial charge in [-0.1, -0.05) is 0 Å². The number of halogens is 3. The number of aliphatic hydroxyl groups is 1. The molecule has 0 aliphatic heterocycles. The quantitative estimate of drug-likeness (QED) is 0.670. The number of amides is 1. The molecule has 0 aliphatic rings. The van der Waals surface area contributed by atoms with Gasteiger partial charge in [0.1, 0.15) is 6.10 Å². The predicted molar refractivity (Wildman–Crippen MR) is 59.0 cm³/mol. The third-order valence-electron chi connectivity index (χ3n) is 1.86. The number of nitrogens with two attached hydrogens (primary N) is 1. The van der Waals surface area contributed by atoms with Crippen LogP contribution < -0.4 is 5.73 Å². The van der Waals surface area contributed by atoms with Gasteiger partial charge in [-0.25, -0.2) is 13.6 Å². The number of rotatable bonds is 9. The lowest BCUT2D eigenvalue weighted by Crippen LogP contribution is -2.35. The van der Waals surface area contributed by atoms with Gasteiger partial charge in [0, 0.05) is 5.75 Å². The molecule has 8 heteroatoms. The van der Waals surface area contributed by atoms with Gasteiger partial charge in [-0.15, -0.1) is 11.8 Å². The van der Waals surface area contributed by atoms with E-state index in [1.54, 1.807) is 0 Å². The fourth-order valence-corrected chi connectivity index (χ4v) is 1.83. The van der Waals surface area contributed by atoms with Crippen molar-refractivity contribution >= 4 is 17.9 Å². The summed E-state index contributed by atoms with van der Waals surface area (Å²) < 4.78 is 43.1. The van der Waals surface area contributed by atoms with Gasteiger partial charge in [0.05, 0.1) is 13.3 Å². The van der Waals surface area contributed by atoms with Crippen LogP contribution in [0.25, 0.3) is 0 Å². The average Bonchev–Trinajstić information content (AvgIpc) is 2.29. The second-order valence-corrected chi connectivity index (χ2v) is 4.39. The van der Waals surface area contributed by atoms with Gasteiger partial charge in [-0.3, -0.25) is 4.39 Å². The van der Waals surface area contributed by atoms with Gasteiger partial charge >= 0.3 is 6.09 Å². The second-order valence-electron chi connectivity index (χ2n) is 3.20. The zero-order valence-electron chi connectivity index (χ0n) is 9.15. The van der Waals surface area contributed by atoms with Crippen molar-refractivity contribution in [1.29, 1.82) is 0 Å². The summed E-state index contributed by atoms with van der Waals surface area (Å²) in [5.41, 5.74) is 2.76. The van der Waals surface area contributed by atoms with Crippen molar-refractivity contribution in [3.05, 3.63) is 0 Å². The highest BCUT2D eigenvalue weighted by atomic mass is 32.2. The Labute approximate surface area is 102 Å². The molecule has 102 valence electrons. The third kappa shape index (κ3) is 7.32. The molecule has 0 aromatic heterocycles. The highest BCUT2D eigenvalue weighted by Gasteiger charge is 2.32. The maximum Gasteiger partial charge on any atom is 0.404 e. The summed E-state index contributed by atoms with van der Waals surface area (Å²) in [6, 6.07) is 0. The van der Waals surface area contributed by atoms with Crippen LogP contribution in [0.3, 0.4) is 0 Å². The maximum atomic E-state index is 13.5. The van der Waals surface area contributed by atoms with Crippen molar-refractivity contribution in [2.75, 3.05) is 19.0 Å². The van der Waals surface area contributed by atoms with E-state index >= 15 is 0 Å². The van der Waals surface area contributed by atoms with Crippen molar-refractivity contribution in [2.45, 2.75) is 30.6 Å². The SMILES string of the molecule is NC(=O)OC(CCCF)C(F)C(F)SCCO. The molecule has 17 heavy (non-hydrogen) atoms. The van der Waals surface area contributed by atoms with E-state index in [4.69, 9.17) is 10.8 Å². The molecule has 0 rings (SSSR count). The van der Waals surface area contributed by atoms with Crippen LogP contribution in [-0.2, 0) is 4.74 Å². The first-order chi connectivity index (χ1) is 8.02. The highest BCUT2D eigenvalue weighted by molar-refractivity contribution is 7.99. The number of hydrogen-bond donors (Lipinski definition) is 2. The summed E-state index contributed by atoms with van der Waals surface area (Å²) in [6.07, 6.45) is -4.90. The van der Waals surface area contributed by atoms with E-state index in [-0.39, 0.29) is 25.2 Å². The number of thioether (sulfide) groups is 1. The van der Waals surface area contributed by atoms with Gasteiger partial charge in [-0.2, -0.15) is 0 Å². The van der Waals surface area contributed by atoms with E-state index in [0.717, 1.165) is 0 Å². The third-order valence-corrected chi connectivity index (χ3v) is 2.86. The molecule has 0 saturated carbocycles. The first kappa shape index (κ1) is 16.4. The largest absolute Gasteiger partial charge is 0.443 e. The van der Waals surface area contributed by atoms with Crippen LogP contribution in [-0.4, -0.2) is 48.0 Å². The van der Waals surface area contributed by atoms with Crippen molar-refractivity contribution in [3.63, 3.8) is 0 Å². The van der Waals surface area contributed by atoms with Crippen LogP contribution in [0.2, 0.25) is 0 Å². The number of hydrogen-bond acceptors (Lipinski definition) is 4. The van der Waals surface area contributed by atoms with Gasteiger partial charge in [0.25, 0.3) is 0 Å². The van der Waals surface area contributed by atoms with Crippen LogP contribution in [0.15, 0.2) is 0 Å². The summed E-state index contributed by atoms with van der Waals surface area (Å²) in [5.74, 6) is 0.0218. The fraction of sp³-hybridized carbons (Fsp3) is 0.889. The normalized spacial score (nSPS) is 16.2. The molecule has 0 fully saturated rings. The minimum absolute atomic E-state index is 0.0218. The smallest absolute Gasteiger partial charge is 0.404 e. The van der Waals surface area contributed by atoms with Crippen LogP contribution in [0.1, 0.15) is 12.8 Å². The van der Waals surface area contributed by atoms with Crippen molar-refractivity contribution in [2.24, 2.45) is 5.73 Å².